The van der Waals surface area contributed by atoms with Crippen LogP contribution < -0.4 is 31.8 Å². The number of rotatable bonds is 6. The van der Waals surface area contributed by atoms with Crippen molar-refractivity contribution < 1.29 is 17.0 Å². The molecule has 2 nitrogen and oxygen atoms in total. The van der Waals surface area contributed by atoms with E-state index in [0.717, 1.165) is 0 Å². The predicted octanol–water partition coefficient (Wildman–Crippen LogP) is 9.29. The molecule has 0 aromatic heterocycles. The van der Waals surface area contributed by atoms with Crippen molar-refractivity contribution in [2.45, 2.75) is 0 Å². The van der Waals surface area contributed by atoms with Gasteiger partial charge in [0.1, 0.15) is 0 Å². The van der Waals surface area contributed by atoms with Crippen LogP contribution in [-0.4, -0.2) is 0 Å². The van der Waals surface area contributed by atoms with Crippen LogP contribution >= 0.6 is 32.7 Å². The predicted molar refractivity (Wildman–Crippen MR) is 198 cm³/mol. The van der Waals surface area contributed by atoms with Crippen LogP contribution in [0.25, 0.3) is 0 Å². The molecule has 0 unspecified atom stereocenters. The molecule has 6 rings (SSSR count). The number of benzene rings is 6. The summed E-state index contributed by atoms with van der Waals surface area (Å²) >= 11 is -0.556. The summed E-state index contributed by atoms with van der Waals surface area (Å²) in [5.41, 5.74) is 0. The standard InChI is InChI=1S/2C19H17NP.2ClH.Ti/c2*1-20-21(17-11-5-2-6-12-17,18-13-7-3-8-14-18)19-15-9-4-10-16-19;;;/h2*2-16H,1H2;2*1H;/q2*-1;;;+2/p-2. The molecule has 0 radical (unpaired) electrons. The molecule has 0 aliphatic carbocycles. The summed E-state index contributed by atoms with van der Waals surface area (Å²) in [5.74, 6) is 0. The van der Waals surface area contributed by atoms with Crippen LogP contribution in [-0.2, 0) is 17.0 Å². The maximum atomic E-state index is 4.89. The minimum atomic E-state index is -2.02. The van der Waals surface area contributed by atoms with E-state index < -0.39 is 31.1 Å². The van der Waals surface area contributed by atoms with Crippen LogP contribution in [0.5, 0.6) is 0 Å². The van der Waals surface area contributed by atoms with Gasteiger partial charge >= 0.3 is 35.6 Å². The molecule has 0 aliphatic rings. The summed E-state index contributed by atoms with van der Waals surface area (Å²) in [7, 11) is 13.7. The molecule has 0 fully saturated rings. The van der Waals surface area contributed by atoms with Crippen LogP contribution in [0.4, 0.5) is 0 Å². The van der Waals surface area contributed by atoms with Crippen molar-refractivity contribution in [1.29, 1.82) is 0 Å². The molecule has 226 valence electrons. The summed E-state index contributed by atoms with van der Waals surface area (Å²) in [6.07, 6.45) is 0. The van der Waals surface area contributed by atoms with Crippen molar-refractivity contribution in [3.63, 3.8) is 0 Å². The van der Waals surface area contributed by atoms with E-state index in [2.05, 4.69) is 160 Å². The zero-order valence-corrected chi connectivity index (χ0v) is 29.6. The van der Waals surface area contributed by atoms with Crippen LogP contribution in [0, 0.1) is 14.1 Å². The van der Waals surface area contributed by atoms with E-state index in [-0.39, 0.29) is 0 Å². The quantitative estimate of drug-likeness (QED) is 0.0942. The first-order chi connectivity index (χ1) is 22.2. The molecule has 6 aromatic rings. The van der Waals surface area contributed by atoms with Gasteiger partial charge in [0.05, 0.1) is 0 Å². The molecule has 0 heterocycles. The van der Waals surface area contributed by atoms with Gasteiger partial charge in [0, 0.05) is 14.1 Å². The topological polar surface area (TPSA) is 24.7 Å². The Balaban J connectivity index is 0.000000189. The van der Waals surface area contributed by atoms with Gasteiger partial charge in [-0.15, -0.1) is 0 Å². The summed E-state index contributed by atoms with van der Waals surface area (Å²) in [6.45, 7) is 0. The summed E-state index contributed by atoms with van der Waals surface area (Å²) in [6, 6.07) is 62.9. The van der Waals surface area contributed by atoms with Gasteiger partial charge in [-0.1, -0.05) is 182 Å². The van der Waals surface area contributed by atoms with Crippen LogP contribution in [0.2, 0.25) is 0 Å². The molecule has 0 bridgehead atoms. The van der Waals surface area contributed by atoms with E-state index in [9.17, 15) is 0 Å². The first-order valence-corrected chi connectivity index (χ1v) is 22.0. The molecule has 0 spiro atoms. The SMILES string of the molecule is [CH2-]N=P(c1ccccc1)(c1ccccc1)c1ccccc1.[CH2-]N=P(c1ccccc1)(c1ccccc1)c1ccccc1.[Cl][Ti][Cl]. The Morgan fingerprint density at radius 1 is 0.333 bits per heavy atom. The van der Waals surface area contributed by atoms with Crippen LogP contribution in [0.3, 0.4) is 0 Å². The normalized spacial score (nSPS) is 10.7. The Hall–Kier alpha value is -2.93. The number of nitrogens with zero attached hydrogens (tertiary/aromatic N) is 2. The Morgan fingerprint density at radius 3 is 0.578 bits per heavy atom. The van der Waals surface area contributed by atoms with Crippen molar-refractivity contribution in [3.8, 4) is 0 Å². The van der Waals surface area contributed by atoms with E-state index in [4.69, 9.17) is 28.1 Å². The van der Waals surface area contributed by atoms with Gasteiger partial charge in [-0.3, -0.25) is 0 Å². The molecule has 0 saturated carbocycles. The zero-order chi connectivity index (χ0) is 31.8. The van der Waals surface area contributed by atoms with E-state index in [1.54, 1.807) is 0 Å². The Morgan fingerprint density at radius 2 is 0.467 bits per heavy atom. The second-order valence-electron chi connectivity index (χ2n) is 9.64. The second kappa shape index (κ2) is 18.3. The van der Waals surface area contributed by atoms with Gasteiger partial charge in [-0.2, -0.15) is 0 Å². The molecule has 7 heteroatoms. The second-order valence-corrected chi connectivity index (χ2v) is 18.4. The van der Waals surface area contributed by atoms with Crippen molar-refractivity contribution in [2.75, 3.05) is 0 Å². The monoisotopic (exact) mass is 698 g/mol. The van der Waals surface area contributed by atoms with E-state index >= 15 is 0 Å². The molecule has 0 N–H and O–H groups in total. The van der Waals surface area contributed by atoms with Gasteiger partial charge in [0.2, 0.25) is 0 Å². The van der Waals surface area contributed by atoms with E-state index in [0.29, 0.717) is 0 Å². The Labute approximate surface area is 285 Å². The summed E-state index contributed by atoms with van der Waals surface area (Å²) in [4.78, 5) is 0. The van der Waals surface area contributed by atoms with Crippen LogP contribution in [0.15, 0.2) is 191 Å². The third-order valence-corrected chi connectivity index (χ3v) is 14.3. The van der Waals surface area contributed by atoms with Gasteiger partial charge in [-0.25, -0.2) is 14.1 Å². The molecule has 0 amide bonds. The van der Waals surface area contributed by atoms with Crippen molar-refractivity contribution in [1.82, 2.24) is 0 Å². The average Bonchev–Trinajstić information content (AvgIpc) is 3.13. The van der Waals surface area contributed by atoms with Crippen LogP contribution in [0.1, 0.15) is 0 Å². The molecule has 0 atom stereocenters. The van der Waals surface area contributed by atoms with E-state index in [1.807, 2.05) is 36.4 Å². The third kappa shape index (κ3) is 8.27. The minimum absolute atomic E-state index is 0.556. The number of halogens is 2. The molecular formula is C38H34Cl2N2P2Ti-2. The Bertz CT molecular complexity index is 1460. The molecule has 45 heavy (non-hydrogen) atoms. The van der Waals surface area contributed by atoms with Crippen molar-refractivity contribution >= 4 is 64.5 Å². The molecule has 0 saturated heterocycles. The average molecular weight is 699 g/mol. The van der Waals surface area contributed by atoms with Crippen molar-refractivity contribution in [3.05, 3.63) is 196 Å². The third-order valence-electron chi connectivity index (χ3n) is 7.20. The van der Waals surface area contributed by atoms with Crippen molar-refractivity contribution in [2.24, 2.45) is 9.49 Å². The molecule has 0 aliphatic heterocycles. The summed E-state index contributed by atoms with van der Waals surface area (Å²) in [5, 5.41) is 7.40. The first-order valence-electron chi connectivity index (χ1n) is 14.2. The molecule has 6 aromatic carbocycles. The zero-order valence-electron chi connectivity index (χ0n) is 24.8. The fourth-order valence-corrected chi connectivity index (χ4v) is 11.6. The molecular weight excluding hydrogens is 665 g/mol. The van der Waals surface area contributed by atoms with Gasteiger partial charge < -0.3 is 9.49 Å². The Kier molecular flexibility index (Phi) is 14.2. The van der Waals surface area contributed by atoms with Gasteiger partial charge in [-0.05, 0) is 31.8 Å². The fraction of sp³-hybridized carbons (Fsp3) is 0. The number of hydrogen-bond donors (Lipinski definition) is 0. The van der Waals surface area contributed by atoms with Gasteiger partial charge in [0.25, 0.3) is 0 Å². The first kappa shape index (κ1) is 34.9. The van der Waals surface area contributed by atoms with Gasteiger partial charge in [0.15, 0.2) is 0 Å². The number of hydrogen-bond acceptors (Lipinski definition) is 2. The maximum absolute atomic E-state index is 4.89. The van der Waals surface area contributed by atoms with E-state index in [1.165, 1.54) is 31.8 Å². The summed E-state index contributed by atoms with van der Waals surface area (Å²) < 4.78 is 9.38. The fourth-order valence-electron chi connectivity index (χ4n) is 5.25.